The predicted octanol–water partition coefficient (Wildman–Crippen LogP) is 1.97. The highest BCUT2D eigenvalue weighted by Gasteiger charge is 2.20. The van der Waals surface area contributed by atoms with Gasteiger partial charge in [-0.2, -0.15) is 0 Å². The number of nitrogens with zero attached hydrogens (tertiary/aromatic N) is 1. The van der Waals surface area contributed by atoms with Gasteiger partial charge in [-0.05, 0) is 69.6 Å². The summed E-state index contributed by atoms with van der Waals surface area (Å²) in [5.41, 5.74) is 1.68. The zero-order valence-electron chi connectivity index (χ0n) is 16.2. The van der Waals surface area contributed by atoms with Crippen LogP contribution in [0.2, 0.25) is 0 Å². The third-order valence-corrected chi connectivity index (χ3v) is 5.31. The van der Waals surface area contributed by atoms with E-state index in [-0.39, 0.29) is 42.5 Å². The van der Waals surface area contributed by atoms with Crippen LogP contribution in [0, 0.1) is 5.92 Å². The van der Waals surface area contributed by atoms with Crippen molar-refractivity contribution in [2.75, 3.05) is 39.3 Å². The zero-order chi connectivity index (χ0) is 18.2. The maximum Gasteiger partial charge on any atom is 0.251 e. The summed E-state index contributed by atoms with van der Waals surface area (Å²) in [5, 5.41) is 9.26. The Hall–Kier alpha value is -1.34. The number of carbonyl (C=O) groups is 2. The van der Waals surface area contributed by atoms with Crippen molar-refractivity contribution in [2.24, 2.45) is 5.92 Å². The average Bonchev–Trinajstić information content (AvgIpc) is 3.20. The van der Waals surface area contributed by atoms with Gasteiger partial charge in [-0.1, -0.05) is 12.1 Å². The van der Waals surface area contributed by atoms with E-state index in [0.29, 0.717) is 18.7 Å². The molecule has 1 aromatic rings. The van der Waals surface area contributed by atoms with Crippen LogP contribution in [0.4, 0.5) is 0 Å². The molecule has 0 atom stereocenters. The van der Waals surface area contributed by atoms with Crippen LogP contribution in [-0.4, -0.2) is 56.0 Å². The number of benzene rings is 1. The van der Waals surface area contributed by atoms with E-state index < -0.39 is 0 Å². The molecule has 2 amide bonds. The third-order valence-electron chi connectivity index (χ3n) is 5.31. The minimum Gasteiger partial charge on any atom is -0.352 e. The van der Waals surface area contributed by atoms with Crippen LogP contribution in [0.3, 0.4) is 0 Å². The topological polar surface area (TPSA) is 73.5 Å². The number of nitrogens with one attached hydrogen (secondary N) is 3. The molecule has 8 heteroatoms. The molecule has 2 heterocycles. The van der Waals surface area contributed by atoms with Crippen molar-refractivity contribution in [2.45, 2.75) is 32.2 Å². The minimum atomic E-state index is -0.0329. The molecule has 158 valence electrons. The van der Waals surface area contributed by atoms with Gasteiger partial charge in [0.25, 0.3) is 5.91 Å². The summed E-state index contributed by atoms with van der Waals surface area (Å²) < 4.78 is 0. The largest absolute Gasteiger partial charge is 0.352 e. The second-order valence-corrected chi connectivity index (χ2v) is 7.24. The van der Waals surface area contributed by atoms with E-state index in [1.54, 1.807) is 0 Å². The average molecular weight is 431 g/mol. The Bertz CT molecular complexity index is 601. The van der Waals surface area contributed by atoms with Gasteiger partial charge >= 0.3 is 0 Å². The maximum atomic E-state index is 12.2. The van der Waals surface area contributed by atoms with Gasteiger partial charge in [-0.3, -0.25) is 9.59 Å². The molecular weight excluding hydrogens is 399 g/mol. The van der Waals surface area contributed by atoms with E-state index in [9.17, 15) is 9.59 Å². The number of hydrogen-bond donors (Lipinski definition) is 3. The Balaban J connectivity index is 0.00000196. The molecular formula is C20H32Cl2N4O2. The van der Waals surface area contributed by atoms with Gasteiger partial charge in [0, 0.05) is 31.1 Å². The van der Waals surface area contributed by atoms with E-state index in [1.807, 2.05) is 24.3 Å². The summed E-state index contributed by atoms with van der Waals surface area (Å²) >= 11 is 0. The predicted molar refractivity (Wildman–Crippen MR) is 116 cm³/mol. The number of hydrogen-bond acceptors (Lipinski definition) is 4. The zero-order valence-corrected chi connectivity index (χ0v) is 17.9. The molecule has 28 heavy (non-hydrogen) atoms. The number of carbonyl (C=O) groups excluding carboxylic acids is 2. The van der Waals surface area contributed by atoms with Gasteiger partial charge in [0.2, 0.25) is 5.91 Å². The Kier molecular flexibility index (Phi) is 11.5. The molecule has 0 saturated carbocycles. The first-order chi connectivity index (χ1) is 12.7. The van der Waals surface area contributed by atoms with Gasteiger partial charge in [0.1, 0.15) is 0 Å². The summed E-state index contributed by atoms with van der Waals surface area (Å²) in [5.74, 6) is 0.224. The molecule has 0 unspecified atom stereocenters. The van der Waals surface area contributed by atoms with Crippen LogP contribution >= 0.6 is 24.8 Å². The van der Waals surface area contributed by atoms with Crippen molar-refractivity contribution < 1.29 is 9.59 Å². The van der Waals surface area contributed by atoms with Crippen molar-refractivity contribution >= 4 is 36.6 Å². The number of piperidine rings is 1. The Morgan fingerprint density at radius 3 is 2.29 bits per heavy atom. The molecule has 2 fully saturated rings. The summed E-state index contributed by atoms with van der Waals surface area (Å²) in [6.07, 6.45) is 4.35. The molecule has 2 saturated heterocycles. The molecule has 0 aliphatic carbocycles. The lowest BCUT2D eigenvalue weighted by atomic mass is 9.97. The quantitative estimate of drug-likeness (QED) is 0.617. The van der Waals surface area contributed by atoms with E-state index >= 15 is 0 Å². The lowest BCUT2D eigenvalue weighted by Gasteiger charge is -2.21. The van der Waals surface area contributed by atoms with Crippen LogP contribution in [-0.2, 0) is 11.3 Å². The van der Waals surface area contributed by atoms with Gasteiger partial charge in [0.15, 0.2) is 0 Å². The third kappa shape index (κ3) is 7.59. The fourth-order valence-corrected chi connectivity index (χ4v) is 3.63. The minimum absolute atomic E-state index is 0. The number of rotatable bonds is 7. The summed E-state index contributed by atoms with van der Waals surface area (Å²) in [6, 6.07) is 7.49. The number of amides is 2. The van der Waals surface area contributed by atoms with E-state index in [1.165, 1.54) is 12.8 Å². The summed E-state index contributed by atoms with van der Waals surface area (Å²) in [6.45, 7) is 6.25. The highest BCUT2D eigenvalue weighted by Crippen LogP contribution is 2.12. The Morgan fingerprint density at radius 2 is 1.64 bits per heavy atom. The van der Waals surface area contributed by atoms with Crippen molar-refractivity contribution in [3.63, 3.8) is 0 Å². The van der Waals surface area contributed by atoms with Gasteiger partial charge in [-0.25, -0.2) is 0 Å². The Labute approximate surface area is 180 Å². The van der Waals surface area contributed by atoms with Crippen LogP contribution in [0.1, 0.15) is 41.6 Å². The van der Waals surface area contributed by atoms with Crippen molar-refractivity contribution in [3.05, 3.63) is 35.4 Å². The van der Waals surface area contributed by atoms with E-state index in [2.05, 4.69) is 20.9 Å². The molecule has 2 aliphatic heterocycles. The molecule has 6 nitrogen and oxygen atoms in total. The SMILES string of the molecule is Cl.Cl.O=C(NCCN1CCCC1)c1ccc(CNC(=O)C2CCNCC2)cc1. The van der Waals surface area contributed by atoms with Crippen LogP contribution in [0.15, 0.2) is 24.3 Å². The molecule has 0 spiro atoms. The van der Waals surface area contributed by atoms with Crippen LogP contribution in [0.25, 0.3) is 0 Å². The van der Waals surface area contributed by atoms with Crippen molar-refractivity contribution in [1.82, 2.24) is 20.9 Å². The first kappa shape index (κ1) is 24.7. The lowest BCUT2D eigenvalue weighted by molar-refractivity contribution is -0.125. The van der Waals surface area contributed by atoms with E-state index in [4.69, 9.17) is 0 Å². The summed E-state index contributed by atoms with van der Waals surface area (Å²) in [4.78, 5) is 26.7. The fourth-order valence-electron chi connectivity index (χ4n) is 3.63. The molecule has 3 N–H and O–H groups in total. The fraction of sp³-hybridized carbons (Fsp3) is 0.600. The molecule has 0 bridgehead atoms. The Morgan fingerprint density at radius 1 is 1.00 bits per heavy atom. The smallest absolute Gasteiger partial charge is 0.251 e. The monoisotopic (exact) mass is 430 g/mol. The van der Waals surface area contributed by atoms with Gasteiger partial charge < -0.3 is 20.9 Å². The highest BCUT2D eigenvalue weighted by molar-refractivity contribution is 5.94. The van der Waals surface area contributed by atoms with Crippen molar-refractivity contribution in [3.8, 4) is 0 Å². The molecule has 0 aromatic heterocycles. The lowest BCUT2D eigenvalue weighted by Crippen LogP contribution is -2.37. The number of likely N-dealkylation sites (tertiary alicyclic amines) is 1. The number of halogens is 2. The second kappa shape index (κ2) is 13.0. The van der Waals surface area contributed by atoms with E-state index in [0.717, 1.165) is 51.1 Å². The molecule has 2 aliphatic rings. The normalized spacial score (nSPS) is 17.3. The van der Waals surface area contributed by atoms with Crippen LogP contribution in [0.5, 0.6) is 0 Å². The standard InChI is InChI=1S/C20H30N4O2.2ClH/c25-19(22-11-14-24-12-1-2-13-24)17-5-3-16(4-6-17)15-23-20(26)18-7-9-21-10-8-18;;/h3-6,18,21H,1-2,7-15H2,(H,22,25)(H,23,26);2*1H. The highest BCUT2D eigenvalue weighted by atomic mass is 35.5. The summed E-state index contributed by atoms with van der Waals surface area (Å²) in [7, 11) is 0. The first-order valence-corrected chi connectivity index (χ1v) is 9.80. The van der Waals surface area contributed by atoms with Crippen LogP contribution < -0.4 is 16.0 Å². The molecule has 1 aromatic carbocycles. The maximum absolute atomic E-state index is 12.2. The second-order valence-electron chi connectivity index (χ2n) is 7.24. The van der Waals surface area contributed by atoms with Crippen molar-refractivity contribution in [1.29, 1.82) is 0 Å². The molecule has 0 radical (unpaired) electrons. The molecule has 3 rings (SSSR count). The van der Waals surface area contributed by atoms with Gasteiger partial charge in [0.05, 0.1) is 0 Å². The van der Waals surface area contributed by atoms with Gasteiger partial charge in [-0.15, -0.1) is 24.8 Å². The first-order valence-electron chi connectivity index (χ1n) is 9.80.